The molecule has 4 aliphatic carbocycles. The second-order valence-electron chi connectivity index (χ2n) is 20.0. The Morgan fingerprint density at radius 1 is 0.787 bits per heavy atom. The fourth-order valence-electron chi connectivity index (χ4n) is 11.9. The zero-order chi connectivity index (χ0) is 44.0. The number of aliphatic hydroxyl groups excluding tert-OH is 3. The van der Waals surface area contributed by atoms with Crippen molar-refractivity contribution in [2.45, 2.75) is 175 Å². The molecule has 0 radical (unpaired) electrons. The maximum absolute atomic E-state index is 12.7. The Kier molecular flexibility index (Phi) is 20.1. The van der Waals surface area contributed by atoms with Crippen LogP contribution in [0.3, 0.4) is 0 Å². The molecule has 2 amide bonds. The van der Waals surface area contributed by atoms with E-state index in [1.165, 1.54) is 51.4 Å². The fourth-order valence-corrected chi connectivity index (χ4v) is 11.9. The molecule has 13 atom stereocenters. The summed E-state index contributed by atoms with van der Waals surface area (Å²) in [5, 5.41) is 35.3. The Morgan fingerprint density at radius 3 is 2.28 bits per heavy atom. The Labute approximate surface area is 367 Å². The van der Waals surface area contributed by atoms with E-state index < -0.39 is 30.7 Å². The van der Waals surface area contributed by atoms with Gasteiger partial charge in [0.15, 0.2) is 6.29 Å². The molecule has 5 aliphatic rings. The van der Waals surface area contributed by atoms with Crippen LogP contribution in [0.1, 0.15) is 138 Å². The SMILES string of the molecule is CC(C)CCC[C@@H](C)[C@H]1CC[C@H]2[C@@H]3CC=C4CC(OC(=O)NCCCOCCOCCOCCNC(=O)CCCCOC5OC(C)C(O)C(O)C5O)CC[C@]4(C)[C@H]3CC[C@]12C. The van der Waals surface area contributed by atoms with Crippen LogP contribution in [-0.2, 0) is 33.2 Å². The molecule has 0 aromatic heterocycles. The van der Waals surface area contributed by atoms with Crippen LogP contribution in [-0.4, -0.2) is 123 Å². The first kappa shape index (κ1) is 50.2. The number of unbranched alkanes of at least 4 members (excludes halogenated alkanes) is 1. The van der Waals surface area contributed by atoms with Crippen molar-refractivity contribution in [1.82, 2.24) is 10.6 Å². The minimum Gasteiger partial charge on any atom is -0.446 e. The van der Waals surface area contributed by atoms with Crippen LogP contribution in [0.15, 0.2) is 11.6 Å². The molecule has 0 aromatic rings. The summed E-state index contributed by atoms with van der Waals surface area (Å²) in [4.78, 5) is 24.8. The van der Waals surface area contributed by atoms with Crippen LogP contribution in [0, 0.1) is 46.3 Å². The highest BCUT2D eigenvalue weighted by molar-refractivity contribution is 5.75. The van der Waals surface area contributed by atoms with E-state index >= 15 is 0 Å². The monoisotopic (exact) mass is 865 g/mol. The molecule has 5 rings (SSSR count). The standard InChI is InChI=1S/C48H84N2O11/c1-32(2)11-9-12-33(3)38-16-17-39-37-15-14-35-31-36(18-20-47(35,5)40(37)19-21-48(38,39)6)61-46(55)50-22-10-24-56-27-29-58-30-28-57-26-23-49-41(51)13-7-8-25-59-45-44(54)43(53)42(52)34(4)60-45/h14,32-34,36-40,42-45,52-54H,7-13,15-31H2,1-6H3,(H,49,51)(H,50,55)/t33-,34?,36?,37+,38-,39+,40+,42?,43?,44?,45?,47+,48-/m1/s1. The number of allylic oxidation sites excluding steroid dienone is 1. The Morgan fingerprint density at radius 2 is 1.52 bits per heavy atom. The average molecular weight is 865 g/mol. The van der Waals surface area contributed by atoms with Gasteiger partial charge in [-0.2, -0.15) is 0 Å². The van der Waals surface area contributed by atoms with Crippen LogP contribution in [0.2, 0.25) is 0 Å². The maximum Gasteiger partial charge on any atom is 0.407 e. The molecule has 0 spiro atoms. The number of amides is 2. The highest BCUT2D eigenvalue weighted by atomic mass is 16.7. The highest BCUT2D eigenvalue weighted by Gasteiger charge is 2.59. The second kappa shape index (κ2) is 24.4. The van der Waals surface area contributed by atoms with Gasteiger partial charge in [0.25, 0.3) is 0 Å². The van der Waals surface area contributed by atoms with Gasteiger partial charge < -0.3 is 54.4 Å². The first-order valence-electron chi connectivity index (χ1n) is 24.2. The molecule has 0 bridgehead atoms. The fraction of sp³-hybridized carbons (Fsp3) is 0.917. The van der Waals surface area contributed by atoms with Gasteiger partial charge in [0.05, 0.1) is 39.1 Å². The number of ether oxygens (including phenoxy) is 6. The quantitative estimate of drug-likeness (QED) is 0.0489. The van der Waals surface area contributed by atoms with Gasteiger partial charge in [0.2, 0.25) is 5.91 Å². The predicted octanol–water partition coefficient (Wildman–Crippen LogP) is 6.69. The third-order valence-electron chi connectivity index (χ3n) is 15.5. The highest BCUT2D eigenvalue weighted by Crippen LogP contribution is 2.67. The molecule has 1 saturated heterocycles. The summed E-state index contributed by atoms with van der Waals surface area (Å²) in [5.41, 5.74) is 2.29. The summed E-state index contributed by atoms with van der Waals surface area (Å²) in [6.07, 6.45) is 12.8. The van der Waals surface area contributed by atoms with Crippen LogP contribution >= 0.6 is 0 Å². The van der Waals surface area contributed by atoms with Gasteiger partial charge in [-0.05, 0) is 117 Å². The summed E-state index contributed by atoms with van der Waals surface area (Å²) in [7, 11) is 0. The zero-order valence-electron chi connectivity index (χ0n) is 38.6. The van der Waals surface area contributed by atoms with E-state index in [2.05, 4.69) is 51.3 Å². The molecule has 13 nitrogen and oxygen atoms in total. The van der Waals surface area contributed by atoms with Crippen LogP contribution < -0.4 is 10.6 Å². The zero-order valence-corrected chi connectivity index (χ0v) is 38.6. The molecular weight excluding hydrogens is 781 g/mol. The van der Waals surface area contributed by atoms with E-state index in [1.54, 1.807) is 12.5 Å². The third-order valence-corrected chi connectivity index (χ3v) is 15.5. The van der Waals surface area contributed by atoms with Gasteiger partial charge in [-0.1, -0.05) is 65.5 Å². The van der Waals surface area contributed by atoms with E-state index in [4.69, 9.17) is 28.4 Å². The van der Waals surface area contributed by atoms with Gasteiger partial charge >= 0.3 is 6.09 Å². The smallest absolute Gasteiger partial charge is 0.407 e. The molecule has 352 valence electrons. The average Bonchev–Trinajstić information content (AvgIpc) is 3.59. The molecule has 6 unspecified atom stereocenters. The largest absolute Gasteiger partial charge is 0.446 e. The molecule has 5 N–H and O–H groups in total. The van der Waals surface area contributed by atoms with Crippen LogP contribution in [0.4, 0.5) is 4.79 Å². The summed E-state index contributed by atoms with van der Waals surface area (Å²) >= 11 is 0. The summed E-state index contributed by atoms with van der Waals surface area (Å²) in [6, 6.07) is 0. The van der Waals surface area contributed by atoms with Gasteiger partial charge in [0, 0.05) is 39.1 Å². The van der Waals surface area contributed by atoms with Gasteiger partial charge in [-0.15, -0.1) is 0 Å². The van der Waals surface area contributed by atoms with Gasteiger partial charge in [0.1, 0.15) is 24.4 Å². The van der Waals surface area contributed by atoms with Crippen LogP contribution in [0.5, 0.6) is 0 Å². The number of rotatable bonds is 25. The minimum absolute atomic E-state index is 0.0506. The Balaban J connectivity index is 0.829. The summed E-state index contributed by atoms with van der Waals surface area (Å²) in [5.74, 6) is 4.86. The molecule has 0 aromatic carbocycles. The number of hydrogen-bond donors (Lipinski definition) is 5. The van der Waals surface area contributed by atoms with Crippen molar-refractivity contribution in [3.05, 3.63) is 11.6 Å². The van der Waals surface area contributed by atoms with Crippen molar-refractivity contribution in [1.29, 1.82) is 0 Å². The van der Waals surface area contributed by atoms with Gasteiger partial charge in [-0.3, -0.25) is 4.79 Å². The summed E-state index contributed by atoms with van der Waals surface area (Å²) < 4.78 is 33.6. The Hall–Kier alpha value is -1.84. The number of fused-ring (bicyclic) bond motifs is 5. The number of nitrogens with one attached hydrogen (secondary N) is 2. The van der Waals surface area contributed by atoms with Crippen molar-refractivity contribution in [3.63, 3.8) is 0 Å². The van der Waals surface area contributed by atoms with Crippen molar-refractivity contribution in [2.24, 2.45) is 46.3 Å². The first-order valence-corrected chi connectivity index (χ1v) is 24.2. The molecule has 61 heavy (non-hydrogen) atoms. The lowest BCUT2D eigenvalue weighted by Crippen LogP contribution is -2.57. The number of alkyl carbamates (subject to hydrolysis) is 1. The lowest BCUT2D eigenvalue weighted by Gasteiger charge is -2.58. The number of carbonyl (C=O) groups is 2. The van der Waals surface area contributed by atoms with Crippen LogP contribution in [0.25, 0.3) is 0 Å². The van der Waals surface area contributed by atoms with Gasteiger partial charge in [-0.25, -0.2) is 4.79 Å². The number of hydrogen-bond acceptors (Lipinski definition) is 11. The van der Waals surface area contributed by atoms with E-state index in [0.717, 1.165) is 54.8 Å². The number of carbonyl (C=O) groups excluding carboxylic acids is 2. The predicted molar refractivity (Wildman–Crippen MR) is 234 cm³/mol. The van der Waals surface area contributed by atoms with Crippen molar-refractivity contribution < 1.29 is 53.3 Å². The van der Waals surface area contributed by atoms with E-state index in [0.29, 0.717) is 83.8 Å². The third kappa shape index (κ3) is 13.8. The Bertz CT molecular complexity index is 1370. The van der Waals surface area contributed by atoms with Crippen molar-refractivity contribution in [2.75, 3.05) is 59.3 Å². The molecule has 13 heteroatoms. The minimum atomic E-state index is -1.33. The number of aliphatic hydroxyl groups is 3. The molecule has 1 aliphatic heterocycles. The maximum atomic E-state index is 12.7. The first-order chi connectivity index (χ1) is 29.2. The van der Waals surface area contributed by atoms with E-state index in [9.17, 15) is 24.9 Å². The molecule has 3 saturated carbocycles. The lowest BCUT2D eigenvalue weighted by atomic mass is 9.47. The van der Waals surface area contributed by atoms with Crippen molar-refractivity contribution >= 4 is 12.0 Å². The van der Waals surface area contributed by atoms with Crippen molar-refractivity contribution in [3.8, 4) is 0 Å². The normalized spacial score (nSPS) is 35.1. The lowest BCUT2D eigenvalue weighted by molar-refractivity contribution is -0.293. The topological polar surface area (TPSA) is 174 Å². The van der Waals surface area contributed by atoms with E-state index in [-0.39, 0.29) is 30.1 Å². The molecule has 4 fully saturated rings. The second-order valence-corrected chi connectivity index (χ2v) is 20.0. The van der Waals surface area contributed by atoms with E-state index in [1.807, 2.05) is 0 Å². The molecular formula is C48H84N2O11. The summed E-state index contributed by atoms with van der Waals surface area (Å²) in [6.45, 7) is 17.9. The molecule has 1 heterocycles.